The van der Waals surface area contributed by atoms with Crippen molar-refractivity contribution in [1.82, 2.24) is 4.72 Å². The monoisotopic (exact) mass is 311 g/mol. The summed E-state index contributed by atoms with van der Waals surface area (Å²) in [6, 6.07) is 7.39. The van der Waals surface area contributed by atoms with E-state index in [0.717, 1.165) is 25.1 Å². The molecule has 0 spiro atoms. The second kappa shape index (κ2) is 6.77. The Labute approximate surface area is 127 Å². The normalized spacial score (nSPS) is 23.3. The smallest absolute Gasteiger partial charge is 0.242 e. The number of hydrogen-bond donors (Lipinski definition) is 2. The summed E-state index contributed by atoms with van der Waals surface area (Å²) in [6.07, 6.45) is 2.07. The Balaban J connectivity index is 2.40. The Bertz CT molecular complexity index is 574. The van der Waals surface area contributed by atoms with E-state index in [0.29, 0.717) is 23.9 Å². The summed E-state index contributed by atoms with van der Waals surface area (Å²) in [5, 5.41) is 0. The summed E-state index contributed by atoms with van der Waals surface area (Å²) in [5.41, 5.74) is 6.67. The van der Waals surface area contributed by atoms with Gasteiger partial charge in [-0.1, -0.05) is 26.0 Å². The predicted octanol–water partition coefficient (Wildman–Crippen LogP) is 1.55. The van der Waals surface area contributed by atoms with Crippen LogP contribution in [0.15, 0.2) is 29.2 Å². The molecule has 1 saturated heterocycles. The van der Waals surface area contributed by atoms with Crippen LogP contribution in [0, 0.1) is 5.92 Å². The third-order valence-corrected chi connectivity index (χ3v) is 5.64. The largest absolute Gasteiger partial charge is 0.366 e. The molecule has 118 valence electrons. The van der Waals surface area contributed by atoms with E-state index in [1.807, 2.05) is 12.1 Å². The molecule has 1 aromatic rings. The van der Waals surface area contributed by atoms with Gasteiger partial charge in [0, 0.05) is 25.7 Å². The third-order valence-electron chi connectivity index (χ3n) is 4.05. The lowest BCUT2D eigenvalue weighted by molar-refractivity contribution is 0.365. The average Bonchev–Trinajstić information content (AvgIpc) is 2.47. The molecule has 1 aromatic carbocycles. The lowest BCUT2D eigenvalue weighted by Gasteiger charge is -2.40. The highest BCUT2D eigenvalue weighted by Gasteiger charge is 2.29. The van der Waals surface area contributed by atoms with Crippen LogP contribution in [0.5, 0.6) is 0 Å². The molecule has 2 rings (SSSR count). The van der Waals surface area contributed by atoms with Gasteiger partial charge in [-0.05, 0) is 30.9 Å². The van der Waals surface area contributed by atoms with Gasteiger partial charge in [-0.15, -0.1) is 0 Å². The fraction of sp³-hybridized carbons (Fsp3) is 0.600. The molecule has 2 atom stereocenters. The summed E-state index contributed by atoms with van der Waals surface area (Å²) in [7, 11) is -3.47. The molecule has 3 N–H and O–H groups in total. The first kappa shape index (κ1) is 16.3. The van der Waals surface area contributed by atoms with Gasteiger partial charge in [0.05, 0.1) is 5.69 Å². The van der Waals surface area contributed by atoms with Crippen molar-refractivity contribution in [3.05, 3.63) is 24.3 Å². The van der Waals surface area contributed by atoms with Crippen molar-refractivity contribution in [2.75, 3.05) is 24.5 Å². The van der Waals surface area contributed by atoms with Crippen LogP contribution in [0.3, 0.4) is 0 Å². The Morgan fingerprint density at radius 3 is 2.76 bits per heavy atom. The van der Waals surface area contributed by atoms with Crippen LogP contribution in [-0.2, 0) is 10.0 Å². The minimum atomic E-state index is -3.47. The van der Waals surface area contributed by atoms with Crippen molar-refractivity contribution in [2.24, 2.45) is 11.7 Å². The fourth-order valence-corrected chi connectivity index (χ4v) is 4.24. The topological polar surface area (TPSA) is 75.4 Å². The maximum Gasteiger partial charge on any atom is 0.242 e. The minimum Gasteiger partial charge on any atom is -0.366 e. The Morgan fingerprint density at radius 2 is 2.10 bits per heavy atom. The number of hydrogen-bond acceptors (Lipinski definition) is 4. The summed E-state index contributed by atoms with van der Waals surface area (Å²) >= 11 is 0. The van der Waals surface area contributed by atoms with Gasteiger partial charge < -0.3 is 10.6 Å². The Morgan fingerprint density at radius 1 is 1.38 bits per heavy atom. The molecule has 1 aliphatic rings. The minimum absolute atomic E-state index is 0.201. The van der Waals surface area contributed by atoms with Crippen molar-refractivity contribution in [2.45, 2.75) is 37.6 Å². The molecule has 0 bridgehead atoms. The highest BCUT2D eigenvalue weighted by Crippen LogP contribution is 2.32. The molecule has 5 nitrogen and oxygen atoms in total. The van der Waals surface area contributed by atoms with Crippen molar-refractivity contribution >= 4 is 15.7 Å². The number of anilines is 1. The molecule has 2 unspecified atom stereocenters. The molecule has 0 amide bonds. The maximum absolute atomic E-state index is 12.4. The molecule has 0 aliphatic carbocycles. The zero-order valence-electron chi connectivity index (χ0n) is 12.7. The first-order valence-electron chi connectivity index (χ1n) is 7.55. The fourth-order valence-electron chi connectivity index (χ4n) is 2.98. The SMILES string of the molecule is CCNS(=O)(=O)c1ccccc1N1CCC(C)CC1CN. The van der Waals surface area contributed by atoms with Crippen molar-refractivity contribution < 1.29 is 8.42 Å². The van der Waals surface area contributed by atoms with Crippen LogP contribution in [-0.4, -0.2) is 34.1 Å². The zero-order chi connectivity index (χ0) is 15.5. The van der Waals surface area contributed by atoms with Crippen LogP contribution in [0.25, 0.3) is 0 Å². The summed E-state index contributed by atoms with van der Waals surface area (Å²) < 4.78 is 27.3. The molecule has 1 fully saturated rings. The number of nitrogens with two attached hydrogens (primary N) is 1. The van der Waals surface area contributed by atoms with Crippen LogP contribution in [0.4, 0.5) is 5.69 Å². The number of nitrogens with zero attached hydrogens (tertiary/aromatic N) is 1. The number of para-hydroxylation sites is 1. The van der Waals surface area contributed by atoms with Gasteiger partial charge in [-0.2, -0.15) is 0 Å². The standard InChI is InChI=1S/C15H25N3O2S/c1-3-17-21(19,20)15-7-5-4-6-14(15)18-9-8-12(2)10-13(18)11-16/h4-7,12-13,17H,3,8-11,16H2,1-2H3. The average molecular weight is 311 g/mol. The summed E-state index contributed by atoms with van der Waals surface area (Å²) in [5.74, 6) is 0.632. The van der Waals surface area contributed by atoms with Gasteiger partial charge in [0.15, 0.2) is 0 Å². The second-order valence-corrected chi connectivity index (χ2v) is 7.42. The molecular formula is C15H25N3O2S. The first-order chi connectivity index (χ1) is 9.99. The molecule has 0 radical (unpaired) electrons. The van der Waals surface area contributed by atoms with Crippen LogP contribution >= 0.6 is 0 Å². The van der Waals surface area contributed by atoms with E-state index < -0.39 is 10.0 Å². The van der Waals surface area contributed by atoms with Crippen molar-refractivity contribution in [3.8, 4) is 0 Å². The number of nitrogens with one attached hydrogen (secondary N) is 1. The Hall–Kier alpha value is -1.11. The number of sulfonamides is 1. The van der Waals surface area contributed by atoms with E-state index in [9.17, 15) is 8.42 Å². The number of piperidine rings is 1. The zero-order valence-corrected chi connectivity index (χ0v) is 13.6. The van der Waals surface area contributed by atoms with Crippen molar-refractivity contribution in [3.63, 3.8) is 0 Å². The molecule has 6 heteroatoms. The van der Waals surface area contributed by atoms with E-state index in [4.69, 9.17) is 5.73 Å². The highest BCUT2D eigenvalue weighted by molar-refractivity contribution is 7.89. The van der Waals surface area contributed by atoms with Crippen LogP contribution < -0.4 is 15.4 Å². The van der Waals surface area contributed by atoms with Crippen LogP contribution in [0.1, 0.15) is 26.7 Å². The van der Waals surface area contributed by atoms with Gasteiger partial charge in [-0.25, -0.2) is 13.1 Å². The number of benzene rings is 1. The van der Waals surface area contributed by atoms with E-state index in [1.165, 1.54) is 0 Å². The lowest BCUT2D eigenvalue weighted by atomic mass is 9.92. The number of rotatable bonds is 5. The predicted molar refractivity (Wildman–Crippen MR) is 85.9 cm³/mol. The second-order valence-electron chi connectivity index (χ2n) is 5.68. The van der Waals surface area contributed by atoms with Gasteiger partial charge >= 0.3 is 0 Å². The Kier molecular flexibility index (Phi) is 5.24. The van der Waals surface area contributed by atoms with E-state index in [1.54, 1.807) is 19.1 Å². The molecule has 1 aliphatic heterocycles. The molecule has 21 heavy (non-hydrogen) atoms. The van der Waals surface area contributed by atoms with E-state index >= 15 is 0 Å². The van der Waals surface area contributed by atoms with Gasteiger partial charge in [-0.3, -0.25) is 0 Å². The van der Waals surface area contributed by atoms with Gasteiger partial charge in [0.1, 0.15) is 4.90 Å². The highest BCUT2D eigenvalue weighted by atomic mass is 32.2. The van der Waals surface area contributed by atoms with E-state index in [2.05, 4.69) is 16.5 Å². The molecule has 0 saturated carbocycles. The van der Waals surface area contributed by atoms with Crippen LogP contribution in [0.2, 0.25) is 0 Å². The summed E-state index contributed by atoms with van der Waals surface area (Å²) in [6.45, 7) is 5.78. The van der Waals surface area contributed by atoms with Gasteiger partial charge in [0.25, 0.3) is 0 Å². The van der Waals surface area contributed by atoms with Crippen molar-refractivity contribution in [1.29, 1.82) is 0 Å². The quantitative estimate of drug-likeness (QED) is 0.865. The molecular weight excluding hydrogens is 286 g/mol. The third kappa shape index (κ3) is 3.56. The molecule has 1 heterocycles. The van der Waals surface area contributed by atoms with Gasteiger partial charge in [0.2, 0.25) is 10.0 Å². The summed E-state index contributed by atoms with van der Waals surface area (Å²) in [4.78, 5) is 2.50. The lowest BCUT2D eigenvalue weighted by Crippen LogP contribution is -2.47. The van der Waals surface area contributed by atoms with E-state index in [-0.39, 0.29) is 6.04 Å². The first-order valence-corrected chi connectivity index (χ1v) is 9.03. The molecule has 0 aromatic heterocycles. The maximum atomic E-state index is 12.4.